The van der Waals surface area contributed by atoms with Crippen molar-refractivity contribution in [2.75, 3.05) is 0 Å². The summed E-state index contributed by atoms with van der Waals surface area (Å²) in [5, 5.41) is 5.30. The molecule has 0 bridgehead atoms. The molecule has 2 rings (SSSR count). The van der Waals surface area contributed by atoms with Crippen LogP contribution in [0.3, 0.4) is 0 Å². The van der Waals surface area contributed by atoms with Crippen LogP contribution in [0.15, 0.2) is 18.2 Å². The highest BCUT2D eigenvalue weighted by Crippen LogP contribution is 2.21. The topological polar surface area (TPSA) is 55.1 Å². The Labute approximate surface area is 103 Å². The predicted molar refractivity (Wildman–Crippen MR) is 67.9 cm³/mol. The van der Waals surface area contributed by atoms with Crippen LogP contribution in [-0.4, -0.2) is 18.5 Å². The van der Waals surface area contributed by atoms with E-state index in [1.807, 2.05) is 25.2 Å². The summed E-state index contributed by atoms with van der Waals surface area (Å²) < 4.78 is 22.2. The lowest BCUT2D eigenvalue weighted by atomic mass is 10.2. The van der Waals surface area contributed by atoms with Gasteiger partial charge in [-0.15, -0.1) is 0 Å². The third-order valence-electron chi connectivity index (χ3n) is 2.16. The van der Waals surface area contributed by atoms with Gasteiger partial charge in [0, 0.05) is 12.4 Å². The second-order valence-corrected chi connectivity index (χ2v) is 5.19. The van der Waals surface area contributed by atoms with Crippen molar-refractivity contribution in [3.8, 4) is 0 Å². The minimum atomic E-state index is -1.79. The fourth-order valence-corrected chi connectivity index (χ4v) is 2.72. The van der Waals surface area contributed by atoms with Crippen molar-refractivity contribution in [2.45, 2.75) is 5.75 Å². The highest BCUT2D eigenvalue weighted by atomic mass is 127. The van der Waals surface area contributed by atoms with E-state index >= 15 is 0 Å². The molecule has 15 heavy (non-hydrogen) atoms. The van der Waals surface area contributed by atoms with Gasteiger partial charge in [0.25, 0.3) is 0 Å². The van der Waals surface area contributed by atoms with Gasteiger partial charge in [-0.25, -0.2) is 4.21 Å². The largest absolute Gasteiger partial charge is 0.306 e. The monoisotopic (exact) mass is 336 g/mol. The first-order valence-electron chi connectivity index (χ1n) is 4.26. The molecular weight excluding hydrogens is 327 g/mol. The Morgan fingerprint density at radius 2 is 2.33 bits per heavy atom. The van der Waals surface area contributed by atoms with Crippen LogP contribution in [0.1, 0.15) is 5.56 Å². The van der Waals surface area contributed by atoms with Gasteiger partial charge in [0.1, 0.15) is 3.70 Å². The molecule has 0 spiro atoms. The van der Waals surface area contributed by atoms with Crippen LogP contribution >= 0.6 is 22.6 Å². The lowest BCUT2D eigenvalue weighted by Crippen LogP contribution is -1.93. The Balaban J connectivity index is 2.55. The fourth-order valence-electron chi connectivity index (χ4n) is 1.50. The van der Waals surface area contributed by atoms with Gasteiger partial charge < -0.3 is 4.55 Å². The summed E-state index contributed by atoms with van der Waals surface area (Å²) in [5.41, 5.74) is 1.89. The van der Waals surface area contributed by atoms with Gasteiger partial charge in [-0.2, -0.15) is 5.10 Å². The minimum absolute atomic E-state index is 0.168. The lowest BCUT2D eigenvalue weighted by Gasteiger charge is -1.98. The first kappa shape index (κ1) is 11.0. The average Bonchev–Trinajstić information content (AvgIpc) is 2.41. The van der Waals surface area contributed by atoms with Crippen LogP contribution in [0.4, 0.5) is 0 Å². The summed E-state index contributed by atoms with van der Waals surface area (Å²) >= 11 is 0.370. The number of benzene rings is 1. The third-order valence-corrected chi connectivity index (χ3v) is 3.54. The molecule has 0 radical (unpaired) electrons. The Hall–Kier alpha value is -0.470. The van der Waals surface area contributed by atoms with Gasteiger partial charge in [-0.05, 0) is 40.3 Å². The van der Waals surface area contributed by atoms with Crippen molar-refractivity contribution in [1.29, 1.82) is 0 Å². The molecule has 0 saturated heterocycles. The molecule has 1 unspecified atom stereocenters. The number of hydrogen-bond acceptors (Lipinski definition) is 2. The Bertz CT molecular complexity index is 538. The summed E-state index contributed by atoms with van der Waals surface area (Å²) in [6.45, 7) is 0. The molecule has 0 aliphatic heterocycles. The van der Waals surface area contributed by atoms with E-state index < -0.39 is 11.1 Å². The Kier molecular flexibility index (Phi) is 3.08. The molecule has 0 saturated carbocycles. The van der Waals surface area contributed by atoms with Crippen molar-refractivity contribution in [2.24, 2.45) is 7.05 Å². The van der Waals surface area contributed by atoms with Gasteiger partial charge in [0.2, 0.25) is 0 Å². The lowest BCUT2D eigenvalue weighted by molar-refractivity contribution is 0.563. The van der Waals surface area contributed by atoms with Gasteiger partial charge >= 0.3 is 0 Å². The maximum absolute atomic E-state index is 10.7. The van der Waals surface area contributed by atoms with Crippen molar-refractivity contribution in [1.82, 2.24) is 9.78 Å². The highest BCUT2D eigenvalue weighted by Gasteiger charge is 2.07. The predicted octanol–water partition coefficient (Wildman–Crippen LogP) is 1.90. The number of hydrogen-bond donors (Lipinski definition) is 1. The SMILES string of the molecule is Cn1nc(I)c2cc(CS(=O)O)ccc21. The molecule has 0 fully saturated rings. The fraction of sp³-hybridized carbons (Fsp3) is 0.222. The van der Waals surface area contributed by atoms with Gasteiger partial charge in [-0.1, -0.05) is 6.07 Å². The van der Waals surface area contributed by atoms with E-state index in [1.54, 1.807) is 4.68 Å². The van der Waals surface area contributed by atoms with Crippen LogP contribution in [0.5, 0.6) is 0 Å². The molecule has 0 aliphatic carbocycles. The minimum Gasteiger partial charge on any atom is -0.306 e. The number of nitrogens with zero attached hydrogens (tertiary/aromatic N) is 2. The van der Waals surface area contributed by atoms with Gasteiger partial charge in [0.15, 0.2) is 11.1 Å². The van der Waals surface area contributed by atoms with E-state index in [9.17, 15) is 4.21 Å². The van der Waals surface area contributed by atoms with Crippen LogP contribution in [-0.2, 0) is 23.9 Å². The zero-order chi connectivity index (χ0) is 11.0. The smallest absolute Gasteiger partial charge is 0.157 e. The molecule has 1 heterocycles. The Morgan fingerprint density at radius 1 is 1.60 bits per heavy atom. The molecule has 80 valence electrons. The maximum atomic E-state index is 10.7. The number of fused-ring (bicyclic) bond motifs is 1. The zero-order valence-corrected chi connectivity index (χ0v) is 10.9. The molecular formula is C9H9IN2O2S. The molecule has 4 nitrogen and oxygen atoms in total. The second kappa shape index (κ2) is 4.18. The van der Waals surface area contributed by atoms with E-state index in [-0.39, 0.29) is 5.75 Å². The molecule has 1 atom stereocenters. The van der Waals surface area contributed by atoms with E-state index in [0.717, 1.165) is 20.2 Å². The number of halogens is 1. The highest BCUT2D eigenvalue weighted by molar-refractivity contribution is 14.1. The normalized spacial score (nSPS) is 13.3. The van der Waals surface area contributed by atoms with Crippen LogP contribution in [0.25, 0.3) is 10.9 Å². The summed E-state index contributed by atoms with van der Waals surface area (Å²) in [6.07, 6.45) is 0. The maximum Gasteiger partial charge on any atom is 0.157 e. The van der Waals surface area contributed by atoms with Crippen LogP contribution in [0, 0.1) is 3.70 Å². The van der Waals surface area contributed by atoms with Gasteiger partial charge in [0.05, 0.1) is 11.3 Å². The van der Waals surface area contributed by atoms with E-state index in [1.165, 1.54) is 0 Å². The quantitative estimate of drug-likeness (QED) is 0.673. The Morgan fingerprint density at radius 3 is 3.00 bits per heavy atom. The van der Waals surface area contributed by atoms with Crippen LogP contribution < -0.4 is 0 Å². The van der Waals surface area contributed by atoms with E-state index in [4.69, 9.17) is 4.55 Å². The van der Waals surface area contributed by atoms with E-state index in [0.29, 0.717) is 0 Å². The standard InChI is InChI=1S/C9H9IN2O2S/c1-12-8-3-2-6(5-15(13)14)4-7(8)9(10)11-12/h2-4H,5H2,1H3,(H,13,14). The third kappa shape index (κ3) is 2.21. The average molecular weight is 336 g/mol. The molecule has 2 aromatic rings. The number of aryl methyl sites for hydroxylation is 1. The summed E-state index contributed by atoms with van der Waals surface area (Å²) in [7, 11) is 1.88. The van der Waals surface area contributed by atoms with Crippen molar-refractivity contribution < 1.29 is 8.76 Å². The van der Waals surface area contributed by atoms with Crippen molar-refractivity contribution >= 4 is 44.6 Å². The second-order valence-electron chi connectivity index (χ2n) is 3.23. The van der Waals surface area contributed by atoms with Crippen molar-refractivity contribution in [3.05, 3.63) is 27.5 Å². The number of rotatable bonds is 2. The molecule has 1 aromatic heterocycles. The first-order valence-corrected chi connectivity index (χ1v) is 6.62. The zero-order valence-electron chi connectivity index (χ0n) is 7.98. The van der Waals surface area contributed by atoms with Gasteiger partial charge in [-0.3, -0.25) is 4.68 Å². The molecule has 0 aliphatic rings. The molecule has 6 heteroatoms. The first-order chi connectivity index (χ1) is 7.08. The van der Waals surface area contributed by atoms with Crippen LogP contribution in [0.2, 0.25) is 0 Å². The molecule has 0 amide bonds. The summed E-state index contributed by atoms with van der Waals surface area (Å²) in [6, 6.07) is 5.69. The molecule has 1 aromatic carbocycles. The van der Waals surface area contributed by atoms with Crippen molar-refractivity contribution in [3.63, 3.8) is 0 Å². The molecule has 1 N–H and O–H groups in total. The summed E-state index contributed by atoms with van der Waals surface area (Å²) in [4.78, 5) is 0. The summed E-state index contributed by atoms with van der Waals surface area (Å²) in [5.74, 6) is 0.168. The number of aromatic nitrogens is 2. The van der Waals surface area contributed by atoms with E-state index in [2.05, 4.69) is 27.7 Å².